The minimum atomic E-state index is -0.159. The molecule has 0 aromatic carbocycles. The summed E-state index contributed by atoms with van der Waals surface area (Å²) in [4.78, 5) is 25.4. The summed E-state index contributed by atoms with van der Waals surface area (Å²) in [5.41, 5.74) is -0.159. The van der Waals surface area contributed by atoms with Gasteiger partial charge in [0.05, 0.1) is 0 Å². The molecule has 0 aromatic rings. The van der Waals surface area contributed by atoms with Crippen LogP contribution in [0.2, 0.25) is 0 Å². The van der Waals surface area contributed by atoms with Gasteiger partial charge in [0, 0.05) is 31.5 Å². The molecule has 1 saturated heterocycles. The topological polar surface area (TPSA) is 49.4 Å². The van der Waals surface area contributed by atoms with E-state index in [1.165, 1.54) is 0 Å². The number of nitrogens with one attached hydrogen (secondary N) is 1. The number of nitrogens with zero attached hydrogens (tertiary/aromatic N) is 1. The molecule has 0 radical (unpaired) electrons. The Morgan fingerprint density at radius 3 is 2.69 bits per heavy atom. The van der Waals surface area contributed by atoms with Crippen LogP contribution in [-0.2, 0) is 9.59 Å². The highest BCUT2D eigenvalue weighted by atomic mass is 16.2. The molecule has 4 heteroatoms. The molecule has 2 aliphatic rings. The highest BCUT2D eigenvalue weighted by Crippen LogP contribution is 2.39. The van der Waals surface area contributed by atoms with Gasteiger partial charge in [-0.15, -0.1) is 0 Å². The maximum absolute atomic E-state index is 12.4. The van der Waals surface area contributed by atoms with Crippen LogP contribution in [0.3, 0.4) is 0 Å². The van der Waals surface area contributed by atoms with Crippen molar-refractivity contribution in [1.82, 2.24) is 10.2 Å². The lowest BCUT2D eigenvalue weighted by atomic mass is 9.87. The third-order valence-electron chi connectivity index (χ3n) is 3.82. The van der Waals surface area contributed by atoms with Gasteiger partial charge in [-0.05, 0) is 12.8 Å². The lowest BCUT2D eigenvalue weighted by Crippen LogP contribution is -2.42. The molecule has 0 bridgehead atoms. The van der Waals surface area contributed by atoms with Crippen LogP contribution in [-0.4, -0.2) is 36.3 Å². The molecular weight excluding hydrogens is 204 g/mol. The number of carbonyl (C=O) groups excluding carboxylic acids is 2. The van der Waals surface area contributed by atoms with Crippen LogP contribution in [0.15, 0.2) is 0 Å². The van der Waals surface area contributed by atoms with Crippen LogP contribution in [0.4, 0.5) is 0 Å². The predicted molar refractivity (Wildman–Crippen MR) is 60.8 cm³/mol. The Bertz CT molecular complexity index is 295. The molecule has 4 nitrogen and oxygen atoms in total. The maximum Gasteiger partial charge on any atom is 0.228 e. The van der Waals surface area contributed by atoms with Crippen molar-refractivity contribution in [2.45, 2.75) is 39.0 Å². The lowest BCUT2D eigenvalue weighted by molar-refractivity contribution is -0.140. The number of rotatable bonds is 1. The van der Waals surface area contributed by atoms with E-state index in [9.17, 15) is 9.59 Å². The van der Waals surface area contributed by atoms with E-state index in [4.69, 9.17) is 0 Å². The normalized spacial score (nSPS) is 25.1. The van der Waals surface area contributed by atoms with E-state index >= 15 is 0 Å². The van der Waals surface area contributed by atoms with Crippen molar-refractivity contribution in [2.24, 2.45) is 5.41 Å². The fourth-order valence-electron chi connectivity index (χ4n) is 2.72. The zero-order chi connectivity index (χ0) is 11.6. The summed E-state index contributed by atoms with van der Waals surface area (Å²) in [6, 6.07) is 0. The molecule has 2 amide bonds. The first-order valence-electron chi connectivity index (χ1n) is 6.18. The molecule has 0 atom stereocenters. The second-order valence-electron chi connectivity index (χ2n) is 5.16. The summed E-state index contributed by atoms with van der Waals surface area (Å²) >= 11 is 0. The Labute approximate surface area is 96.4 Å². The quantitative estimate of drug-likeness (QED) is 0.720. The molecule has 1 saturated carbocycles. The molecule has 1 N–H and O–H groups in total. The van der Waals surface area contributed by atoms with Gasteiger partial charge in [0.1, 0.15) is 0 Å². The van der Waals surface area contributed by atoms with Gasteiger partial charge in [-0.1, -0.05) is 19.8 Å². The van der Waals surface area contributed by atoms with Crippen LogP contribution in [0.25, 0.3) is 0 Å². The zero-order valence-electron chi connectivity index (χ0n) is 9.92. The molecule has 2 fully saturated rings. The first-order chi connectivity index (χ1) is 7.62. The molecule has 0 unspecified atom stereocenters. The van der Waals surface area contributed by atoms with Crippen LogP contribution >= 0.6 is 0 Å². The monoisotopic (exact) mass is 224 g/mol. The van der Waals surface area contributed by atoms with Crippen molar-refractivity contribution < 1.29 is 9.59 Å². The summed E-state index contributed by atoms with van der Waals surface area (Å²) in [5.74, 6) is 0.313. The minimum Gasteiger partial charge on any atom is -0.354 e. The van der Waals surface area contributed by atoms with Crippen LogP contribution in [0.5, 0.6) is 0 Å². The van der Waals surface area contributed by atoms with Crippen LogP contribution in [0, 0.1) is 5.41 Å². The summed E-state index contributed by atoms with van der Waals surface area (Å²) in [6.45, 7) is 3.92. The average Bonchev–Trinajstić information content (AvgIpc) is 2.59. The van der Waals surface area contributed by atoms with Crippen LogP contribution in [0.1, 0.15) is 39.0 Å². The Kier molecular flexibility index (Phi) is 3.17. The molecule has 0 spiro atoms. The van der Waals surface area contributed by atoms with Gasteiger partial charge in [0.25, 0.3) is 0 Å². The highest BCUT2D eigenvalue weighted by Gasteiger charge is 2.39. The molecule has 0 aromatic heterocycles. The molecular formula is C12H20N2O2. The van der Waals surface area contributed by atoms with Crippen molar-refractivity contribution in [1.29, 1.82) is 0 Å². The molecule has 90 valence electrons. The predicted octanol–water partition coefficient (Wildman–Crippen LogP) is 0.915. The van der Waals surface area contributed by atoms with Gasteiger partial charge in [0.15, 0.2) is 0 Å². The van der Waals surface area contributed by atoms with Crippen LogP contribution < -0.4 is 5.32 Å². The smallest absolute Gasteiger partial charge is 0.228 e. The van der Waals surface area contributed by atoms with E-state index in [0.29, 0.717) is 26.1 Å². The second kappa shape index (κ2) is 4.44. The summed E-state index contributed by atoms with van der Waals surface area (Å²) in [7, 11) is 0. The zero-order valence-corrected chi connectivity index (χ0v) is 9.92. The first-order valence-corrected chi connectivity index (χ1v) is 6.18. The third-order valence-corrected chi connectivity index (χ3v) is 3.82. The van der Waals surface area contributed by atoms with Gasteiger partial charge in [-0.3, -0.25) is 9.59 Å². The van der Waals surface area contributed by atoms with Crippen molar-refractivity contribution in [3.63, 3.8) is 0 Å². The Balaban J connectivity index is 2.00. The highest BCUT2D eigenvalue weighted by molar-refractivity contribution is 5.84. The fraction of sp³-hybridized carbons (Fsp3) is 0.833. The summed E-state index contributed by atoms with van der Waals surface area (Å²) < 4.78 is 0. The van der Waals surface area contributed by atoms with Crippen molar-refractivity contribution in [3.8, 4) is 0 Å². The number of hydrogen-bond donors (Lipinski definition) is 1. The Morgan fingerprint density at radius 1 is 1.31 bits per heavy atom. The molecule has 1 heterocycles. The number of amides is 2. The molecule has 16 heavy (non-hydrogen) atoms. The van der Waals surface area contributed by atoms with E-state index < -0.39 is 0 Å². The van der Waals surface area contributed by atoms with E-state index in [1.807, 2.05) is 4.90 Å². The van der Waals surface area contributed by atoms with E-state index in [0.717, 1.165) is 25.7 Å². The maximum atomic E-state index is 12.4. The minimum absolute atomic E-state index is 0.0619. The fourth-order valence-corrected chi connectivity index (χ4v) is 2.72. The molecule has 1 aliphatic carbocycles. The number of carbonyl (C=O) groups is 2. The van der Waals surface area contributed by atoms with Crippen molar-refractivity contribution >= 4 is 11.8 Å². The van der Waals surface area contributed by atoms with Gasteiger partial charge in [-0.2, -0.15) is 0 Å². The van der Waals surface area contributed by atoms with Gasteiger partial charge in [-0.25, -0.2) is 0 Å². The average molecular weight is 224 g/mol. The number of hydrogen-bond acceptors (Lipinski definition) is 2. The van der Waals surface area contributed by atoms with Crippen molar-refractivity contribution in [3.05, 3.63) is 0 Å². The van der Waals surface area contributed by atoms with Gasteiger partial charge >= 0.3 is 0 Å². The second-order valence-corrected chi connectivity index (χ2v) is 5.16. The summed E-state index contributed by atoms with van der Waals surface area (Å²) in [6.07, 6.45) is 4.77. The Hall–Kier alpha value is -1.06. The first kappa shape index (κ1) is 11.4. The van der Waals surface area contributed by atoms with E-state index in [1.54, 1.807) is 0 Å². The standard InChI is InChI=1S/C12H20N2O2/c1-12(5-2-3-6-12)11(16)14-8-4-10(15)13-7-9-14/h2-9H2,1H3,(H,13,15). The lowest BCUT2D eigenvalue weighted by Gasteiger charge is -2.30. The van der Waals surface area contributed by atoms with Crippen molar-refractivity contribution in [2.75, 3.05) is 19.6 Å². The third kappa shape index (κ3) is 2.20. The molecule has 2 rings (SSSR count). The Morgan fingerprint density at radius 2 is 2.00 bits per heavy atom. The molecule has 1 aliphatic heterocycles. The van der Waals surface area contributed by atoms with Gasteiger partial charge in [0.2, 0.25) is 11.8 Å². The SMILES string of the molecule is CC1(C(=O)N2CCNC(=O)CC2)CCCC1. The van der Waals surface area contributed by atoms with E-state index in [2.05, 4.69) is 12.2 Å². The summed E-state index contributed by atoms with van der Waals surface area (Å²) in [5, 5.41) is 2.80. The largest absolute Gasteiger partial charge is 0.354 e. The van der Waals surface area contributed by atoms with E-state index in [-0.39, 0.29) is 17.2 Å². The van der Waals surface area contributed by atoms with Gasteiger partial charge < -0.3 is 10.2 Å².